The number of ketones is 1. The van der Waals surface area contributed by atoms with Crippen molar-refractivity contribution in [1.29, 1.82) is 0 Å². The number of morpholine rings is 1. The van der Waals surface area contributed by atoms with Crippen molar-refractivity contribution in [3.05, 3.63) is 52.3 Å². The van der Waals surface area contributed by atoms with E-state index in [1.165, 1.54) is 12.3 Å². The van der Waals surface area contributed by atoms with E-state index in [1.54, 1.807) is 17.2 Å². The first kappa shape index (κ1) is 25.9. The Morgan fingerprint density at radius 2 is 1.94 bits per heavy atom. The molecule has 1 aromatic carbocycles. The third-order valence-corrected chi connectivity index (χ3v) is 6.18. The number of anilines is 1. The Labute approximate surface area is 212 Å². The monoisotopic (exact) mass is 541 g/mol. The molecular formula is C22H19ClF3N5O4S. The van der Waals surface area contributed by atoms with Crippen molar-refractivity contribution in [2.45, 2.75) is 12.8 Å². The van der Waals surface area contributed by atoms with Crippen LogP contribution in [0.5, 0.6) is 5.75 Å². The third kappa shape index (κ3) is 7.20. The zero-order chi connectivity index (χ0) is 25.7. The van der Waals surface area contributed by atoms with Gasteiger partial charge in [-0.15, -0.1) is 23.4 Å². The number of nitrogens with zero attached hydrogens (tertiary/aromatic N) is 4. The van der Waals surface area contributed by atoms with E-state index in [0.29, 0.717) is 46.9 Å². The van der Waals surface area contributed by atoms with Crippen molar-refractivity contribution in [1.82, 2.24) is 20.1 Å². The molecule has 190 valence electrons. The maximum absolute atomic E-state index is 12.9. The Balaban J connectivity index is 1.50. The highest BCUT2D eigenvalue weighted by Crippen LogP contribution is 2.32. The molecule has 4 rings (SSSR count). The zero-order valence-electron chi connectivity index (χ0n) is 18.5. The first-order valence-corrected chi connectivity index (χ1v) is 11.8. The summed E-state index contributed by atoms with van der Waals surface area (Å²) in [7, 11) is 0. The molecule has 1 saturated heterocycles. The highest BCUT2D eigenvalue weighted by Gasteiger charge is 2.32. The smallest absolute Gasteiger partial charge is 0.404 e. The van der Waals surface area contributed by atoms with E-state index in [9.17, 15) is 22.8 Å². The summed E-state index contributed by atoms with van der Waals surface area (Å²) in [6.07, 6.45) is -2.09. The van der Waals surface area contributed by atoms with Crippen LogP contribution in [0.3, 0.4) is 0 Å². The van der Waals surface area contributed by atoms with Crippen LogP contribution in [0, 0.1) is 0 Å². The van der Waals surface area contributed by atoms with Crippen LogP contribution in [0.15, 0.2) is 36.7 Å². The first-order chi connectivity index (χ1) is 17.2. The molecule has 1 N–H and O–H groups in total. The topological polar surface area (TPSA) is 107 Å². The number of carbonyl (C=O) groups is 2. The fraction of sp³-hybridized carbons (Fsp3) is 0.318. The summed E-state index contributed by atoms with van der Waals surface area (Å²) in [5.74, 6) is -1.59. The second-order valence-corrected chi connectivity index (χ2v) is 9.19. The van der Waals surface area contributed by atoms with E-state index >= 15 is 0 Å². The standard InChI is InChI=1S/C22H19ClF3N5O4S/c23-15-7-14(10-27-11-15)21-30-29-20(36-21)9-17(32)13-1-2-18(35-22(24,25)26)16(8-13)28-19(33)12-31-3-5-34-6-4-31/h1-2,7-8,10-11H,3-6,9,12H2,(H,28,33). The molecule has 0 atom stereocenters. The summed E-state index contributed by atoms with van der Waals surface area (Å²) in [6, 6.07) is 5.01. The fourth-order valence-electron chi connectivity index (χ4n) is 3.38. The number of nitrogens with one attached hydrogen (secondary N) is 1. The van der Waals surface area contributed by atoms with Gasteiger partial charge < -0.3 is 14.8 Å². The van der Waals surface area contributed by atoms with Gasteiger partial charge in [-0.3, -0.25) is 19.5 Å². The molecule has 3 heterocycles. The molecule has 9 nitrogen and oxygen atoms in total. The number of hydrogen-bond acceptors (Lipinski definition) is 9. The van der Waals surface area contributed by atoms with Crippen LogP contribution in [0.1, 0.15) is 15.4 Å². The minimum atomic E-state index is -4.98. The van der Waals surface area contributed by atoms with E-state index in [1.807, 2.05) is 0 Å². The van der Waals surface area contributed by atoms with Crippen molar-refractivity contribution >= 4 is 40.3 Å². The van der Waals surface area contributed by atoms with Gasteiger partial charge >= 0.3 is 6.36 Å². The molecule has 0 unspecified atom stereocenters. The number of aromatic nitrogens is 3. The van der Waals surface area contributed by atoms with Gasteiger partial charge in [0.15, 0.2) is 11.5 Å². The van der Waals surface area contributed by atoms with Gasteiger partial charge in [-0.05, 0) is 24.3 Å². The van der Waals surface area contributed by atoms with Gasteiger partial charge in [-0.1, -0.05) is 22.9 Å². The Morgan fingerprint density at radius 1 is 1.17 bits per heavy atom. The number of benzene rings is 1. The van der Waals surface area contributed by atoms with Crippen molar-refractivity contribution < 1.29 is 32.2 Å². The number of carbonyl (C=O) groups excluding carboxylic acids is 2. The number of Topliss-reactive ketones (excluding diaryl/α,β-unsaturated/α-hetero) is 1. The number of pyridine rings is 1. The number of rotatable bonds is 8. The lowest BCUT2D eigenvalue weighted by atomic mass is 10.1. The maximum atomic E-state index is 12.9. The highest BCUT2D eigenvalue weighted by molar-refractivity contribution is 7.14. The molecule has 0 bridgehead atoms. The van der Waals surface area contributed by atoms with Crippen LogP contribution in [-0.4, -0.2) is 71.0 Å². The molecule has 1 aliphatic rings. The average Bonchev–Trinajstić information content (AvgIpc) is 3.28. The van der Waals surface area contributed by atoms with E-state index in [-0.39, 0.29) is 24.2 Å². The quantitative estimate of drug-likeness (QED) is 0.429. The van der Waals surface area contributed by atoms with E-state index < -0.39 is 23.8 Å². The van der Waals surface area contributed by atoms with Crippen LogP contribution >= 0.6 is 22.9 Å². The molecule has 1 fully saturated rings. The van der Waals surface area contributed by atoms with Crippen LogP contribution in [0.4, 0.5) is 18.9 Å². The molecule has 36 heavy (non-hydrogen) atoms. The Kier molecular flexibility index (Phi) is 8.14. The molecule has 1 amide bonds. The minimum absolute atomic E-state index is 0.0427. The van der Waals surface area contributed by atoms with Gasteiger partial charge in [-0.2, -0.15) is 0 Å². The van der Waals surface area contributed by atoms with Gasteiger partial charge in [0.2, 0.25) is 5.91 Å². The second-order valence-electron chi connectivity index (χ2n) is 7.69. The number of hydrogen-bond donors (Lipinski definition) is 1. The van der Waals surface area contributed by atoms with Gasteiger partial charge in [0.25, 0.3) is 0 Å². The molecule has 2 aromatic heterocycles. The molecule has 1 aliphatic heterocycles. The van der Waals surface area contributed by atoms with Gasteiger partial charge in [-0.25, -0.2) is 0 Å². The summed E-state index contributed by atoms with van der Waals surface area (Å²) < 4.78 is 47.9. The summed E-state index contributed by atoms with van der Waals surface area (Å²) in [5.41, 5.74) is 0.448. The van der Waals surface area contributed by atoms with Crippen LogP contribution in [0.25, 0.3) is 10.6 Å². The van der Waals surface area contributed by atoms with Crippen LogP contribution in [0.2, 0.25) is 5.02 Å². The van der Waals surface area contributed by atoms with Gasteiger partial charge in [0.1, 0.15) is 10.0 Å². The fourth-order valence-corrected chi connectivity index (χ4v) is 4.37. The average molecular weight is 542 g/mol. The second kappa shape index (κ2) is 11.3. The van der Waals surface area contributed by atoms with Gasteiger partial charge in [0, 0.05) is 36.6 Å². The maximum Gasteiger partial charge on any atom is 0.573 e. The summed E-state index contributed by atoms with van der Waals surface area (Å²) in [6.45, 7) is 1.92. The number of halogens is 4. The predicted molar refractivity (Wildman–Crippen MR) is 125 cm³/mol. The molecule has 3 aromatic rings. The van der Waals surface area contributed by atoms with Crippen molar-refractivity contribution in [2.75, 3.05) is 38.2 Å². The van der Waals surface area contributed by atoms with E-state index in [2.05, 4.69) is 25.2 Å². The Hall–Kier alpha value is -3.13. The first-order valence-electron chi connectivity index (χ1n) is 10.6. The number of alkyl halides is 3. The Bertz CT molecular complexity index is 1250. The minimum Gasteiger partial charge on any atom is -0.404 e. The summed E-state index contributed by atoms with van der Waals surface area (Å²) in [4.78, 5) is 31.2. The van der Waals surface area contributed by atoms with E-state index in [0.717, 1.165) is 23.5 Å². The molecule has 14 heteroatoms. The van der Waals surface area contributed by atoms with Crippen molar-refractivity contribution in [2.24, 2.45) is 0 Å². The number of ether oxygens (including phenoxy) is 2. The largest absolute Gasteiger partial charge is 0.573 e. The zero-order valence-corrected chi connectivity index (χ0v) is 20.1. The SMILES string of the molecule is O=C(CN1CCOCC1)Nc1cc(C(=O)Cc2nnc(-c3cncc(Cl)c3)s2)ccc1OC(F)(F)F. The molecule has 0 saturated carbocycles. The normalized spacial score (nSPS) is 14.4. The molecule has 0 aliphatic carbocycles. The lowest BCUT2D eigenvalue weighted by Crippen LogP contribution is -2.41. The lowest BCUT2D eigenvalue weighted by molar-refractivity contribution is -0.274. The lowest BCUT2D eigenvalue weighted by Gasteiger charge is -2.26. The summed E-state index contributed by atoms with van der Waals surface area (Å²) >= 11 is 7.11. The van der Waals surface area contributed by atoms with Gasteiger partial charge in [0.05, 0.1) is 36.9 Å². The Morgan fingerprint density at radius 3 is 2.67 bits per heavy atom. The van der Waals surface area contributed by atoms with E-state index in [4.69, 9.17) is 16.3 Å². The predicted octanol–water partition coefficient (Wildman–Crippen LogP) is 3.85. The third-order valence-electron chi connectivity index (χ3n) is 5.00. The van der Waals surface area contributed by atoms with Crippen LogP contribution in [-0.2, 0) is 16.0 Å². The molecule has 0 radical (unpaired) electrons. The summed E-state index contributed by atoms with van der Waals surface area (Å²) in [5, 5.41) is 11.8. The van der Waals surface area contributed by atoms with Crippen molar-refractivity contribution in [3.63, 3.8) is 0 Å². The van der Waals surface area contributed by atoms with Crippen LogP contribution < -0.4 is 10.1 Å². The van der Waals surface area contributed by atoms with Crippen molar-refractivity contribution in [3.8, 4) is 16.3 Å². The molecule has 0 spiro atoms. The highest BCUT2D eigenvalue weighted by atomic mass is 35.5. The number of amides is 1. The molecular weight excluding hydrogens is 523 g/mol.